The molecule has 17 heavy (non-hydrogen) atoms. The molecule has 0 aliphatic rings. The van der Waals surface area contributed by atoms with Crippen LogP contribution in [0.5, 0.6) is 0 Å². The van der Waals surface area contributed by atoms with Crippen LogP contribution < -0.4 is 0 Å². The monoisotopic (exact) mass is 251 g/mol. The number of hydrogen-bond acceptors (Lipinski definition) is 3. The summed E-state index contributed by atoms with van der Waals surface area (Å²) in [7, 11) is 0. The normalized spacial score (nSPS) is 11.4. The Hall–Kier alpha value is -1.66. The molecule has 0 bridgehead atoms. The summed E-state index contributed by atoms with van der Waals surface area (Å²) in [6, 6.07) is 1.64. The Morgan fingerprint density at radius 2 is 2.06 bits per heavy atom. The summed E-state index contributed by atoms with van der Waals surface area (Å²) in [5.41, 5.74) is -1.80. The van der Waals surface area contributed by atoms with Crippen LogP contribution in [0.3, 0.4) is 0 Å². The third kappa shape index (κ3) is 3.69. The van der Waals surface area contributed by atoms with Gasteiger partial charge in [-0.2, -0.15) is 17.6 Å². The SMILES string of the molecule is CCOC(=O)Cc1ccc(F)nc1C(F)(F)F. The molecule has 0 N–H and O–H groups in total. The molecular weight excluding hydrogens is 242 g/mol. The predicted molar refractivity (Wildman–Crippen MR) is 49.5 cm³/mol. The highest BCUT2D eigenvalue weighted by Gasteiger charge is 2.36. The molecule has 1 rings (SSSR count). The van der Waals surface area contributed by atoms with Crippen LogP contribution in [0.2, 0.25) is 0 Å². The highest BCUT2D eigenvalue weighted by Crippen LogP contribution is 2.30. The van der Waals surface area contributed by atoms with Crippen LogP contribution in [-0.2, 0) is 22.1 Å². The quantitative estimate of drug-likeness (QED) is 0.470. The summed E-state index contributed by atoms with van der Waals surface area (Å²) >= 11 is 0. The Bertz CT molecular complexity index is 417. The molecule has 3 nitrogen and oxygen atoms in total. The topological polar surface area (TPSA) is 39.2 Å². The molecule has 0 saturated heterocycles. The highest BCUT2D eigenvalue weighted by atomic mass is 19.4. The third-order valence-corrected chi connectivity index (χ3v) is 1.85. The molecule has 0 aliphatic heterocycles. The summed E-state index contributed by atoms with van der Waals surface area (Å²) in [5.74, 6) is -2.06. The van der Waals surface area contributed by atoms with E-state index in [0.29, 0.717) is 0 Å². The minimum atomic E-state index is -4.80. The van der Waals surface area contributed by atoms with E-state index in [9.17, 15) is 22.4 Å². The molecule has 0 radical (unpaired) electrons. The Kier molecular flexibility index (Phi) is 4.03. The lowest BCUT2D eigenvalue weighted by Gasteiger charge is -2.11. The van der Waals surface area contributed by atoms with Crippen LogP contribution in [0.1, 0.15) is 18.2 Å². The zero-order valence-electron chi connectivity index (χ0n) is 8.84. The number of rotatable bonds is 3. The van der Waals surface area contributed by atoms with E-state index in [0.717, 1.165) is 12.1 Å². The molecule has 0 aliphatic carbocycles. The highest BCUT2D eigenvalue weighted by molar-refractivity contribution is 5.72. The molecule has 1 heterocycles. The number of carbonyl (C=O) groups is 1. The molecule has 0 atom stereocenters. The van der Waals surface area contributed by atoms with Crippen molar-refractivity contribution >= 4 is 5.97 Å². The first kappa shape index (κ1) is 13.4. The van der Waals surface area contributed by atoms with Crippen LogP contribution in [0.15, 0.2) is 12.1 Å². The smallest absolute Gasteiger partial charge is 0.433 e. The molecule has 0 aromatic carbocycles. The van der Waals surface area contributed by atoms with E-state index in [1.807, 2.05) is 0 Å². The molecule has 0 saturated carbocycles. The summed E-state index contributed by atoms with van der Waals surface area (Å²) in [6.07, 6.45) is -5.39. The van der Waals surface area contributed by atoms with Crippen molar-refractivity contribution in [3.05, 3.63) is 29.3 Å². The van der Waals surface area contributed by atoms with Gasteiger partial charge < -0.3 is 4.74 Å². The minimum Gasteiger partial charge on any atom is -0.466 e. The van der Waals surface area contributed by atoms with E-state index in [1.165, 1.54) is 6.92 Å². The number of alkyl halides is 3. The second kappa shape index (κ2) is 5.11. The number of carbonyl (C=O) groups excluding carboxylic acids is 1. The fourth-order valence-electron chi connectivity index (χ4n) is 1.22. The van der Waals surface area contributed by atoms with Gasteiger partial charge in [0.15, 0.2) is 5.69 Å². The van der Waals surface area contributed by atoms with E-state index in [2.05, 4.69) is 9.72 Å². The Morgan fingerprint density at radius 3 is 2.59 bits per heavy atom. The minimum absolute atomic E-state index is 0.0643. The van der Waals surface area contributed by atoms with Crippen LogP contribution >= 0.6 is 0 Å². The second-order valence-electron chi connectivity index (χ2n) is 3.12. The van der Waals surface area contributed by atoms with E-state index >= 15 is 0 Å². The lowest BCUT2D eigenvalue weighted by molar-refractivity contribution is -0.144. The van der Waals surface area contributed by atoms with Crippen molar-refractivity contribution < 1.29 is 27.1 Å². The van der Waals surface area contributed by atoms with Gasteiger partial charge >= 0.3 is 12.1 Å². The number of hydrogen-bond donors (Lipinski definition) is 0. The molecule has 0 amide bonds. The van der Waals surface area contributed by atoms with Crippen molar-refractivity contribution in [2.45, 2.75) is 19.5 Å². The van der Waals surface area contributed by atoms with Crippen molar-refractivity contribution in [3.8, 4) is 0 Å². The predicted octanol–water partition coefficient (Wildman–Crippen LogP) is 2.35. The number of pyridine rings is 1. The van der Waals surface area contributed by atoms with Crippen LogP contribution in [0, 0.1) is 5.95 Å². The van der Waals surface area contributed by atoms with Gasteiger partial charge in [-0.15, -0.1) is 0 Å². The maximum atomic E-state index is 12.6. The average molecular weight is 251 g/mol. The zero-order chi connectivity index (χ0) is 13.1. The molecule has 7 heteroatoms. The largest absolute Gasteiger partial charge is 0.466 e. The lowest BCUT2D eigenvalue weighted by atomic mass is 10.1. The van der Waals surface area contributed by atoms with Gasteiger partial charge in [-0.1, -0.05) is 6.07 Å². The van der Waals surface area contributed by atoms with E-state index < -0.39 is 35.8 Å². The summed E-state index contributed by atoms with van der Waals surface area (Å²) < 4.78 is 54.6. The maximum Gasteiger partial charge on any atom is 0.433 e. The molecular formula is C10H9F4NO2. The number of esters is 1. The third-order valence-electron chi connectivity index (χ3n) is 1.85. The standard InChI is InChI=1S/C10H9F4NO2/c1-2-17-8(16)5-6-3-4-7(11)15-9(6)10(12,13)14/h3-4H,2,5H2,1H3. The van der Waals surface area contributed by atoms with Gasteiger partial charge in [0.2, 0.25) is 5.95 Å². The maximum absolute atomic E-state index is 12.6. The first-order valence-electron chi connectivity index (χ1n) is 4.72. The van der Waals surface area contributed by atoms with Gasteiger partial charge in [0.05, 0.1) is 13.0 Å². The summed E-state index contributed by atoms with van der Waals surface area (Å²) in [5, 5.41) is 0. The van der Waals surface area contributed by atoms with Crippen molar-refractivity contribution in [1.29, 1.82) is 0 Å². The Labute approximate surface area is 94.4 Å². The van der Waals surface area contributed by atoms with Crippen molar-refractivity contribution in [3.63, 3.8) is 0 Å². The van der Waals surface area contributed by atoms with Gasteiger partial charge in [-0.3, -0.25) is 4.79 Å². The Morgan fingerprint density at radius 1 is 1.41 bits per heavy atom. The van der Waals surface area contributed by atoms with Gasteiger partial charge in [0.25, 0.3) is 0 Å². The van der Waals surface area contributed by atoms with E-state index in [4.69, 9.17) is 0 Å². The van der Waals surface area contributed by atoms with Gasteiger partial charge in [-0.05, 0) is 18.6 Å². The van der Waals surface area contributed by atoms with E-state index in [1.54, 1.807) is 0 Å². The van der Waals surface area contributed by atoms with Crippen LogP contribution in [-0.4, -0.2) is 17.6 Å². The molecule has 0 spiro atoms. The number of aromatic nitrogens is 1. The molecule has 0 unspecified atom stereocenters. The average Bonchev–Trinajstić information content (AvgIpc) is 2.19. The first-order valence-corrected chi connectivity index (χ1v) is 4.72. The number of nitrogens with zero attached hydrogens (tertiary/aromatic N) is 1. The van der Waals surface area contributed by atoms with Gasteiger partial charge in [0, 0.05) is 0 Å². The second-order valence-corrected chi connectivity index (χ2v) is 3.12. The number of halogens is 4. The van der Waals surface area contributed by atoms with Gasteiger partial charge in [0.1, 0.15) is 0 Å². The van der Waals surface area contributed by atoms with Crippen molar-refractivity contribution in [1.82, 2.24) is 4.98 Å². The molecule has 1 aromatic heterocycles. The first-order chi connectivity index (χ1) is 7.84. The van der Waals surface area contributed by atoms with Crippen molar-refractivity contribution in [2.24, 2.45) is 0 Å². The number of ether oxygens (including phenoxy) is 1. The van der Waals surface area contributed by atoms with Crippen molar-refractivity contribution in [2.75, 3.05) is 6.61 Å². The molecule has 94 valence electrons. The summed E-state index contributed by atoms with van der Waals surface area (Å²) in [6.45, 7) is 1.60. The fourth-order valence-corrected chi connectivity index (χ4v) is 1.22. The summed E-state index contributed by atoms with van der Waals surface area (Å²) in [4.78, 5) is 13.8. The van der Waals surface area contributed by atoms with E-state index in [-0.39, 0.29) is 6.61 Å². The van der Waals surface area contributed by atoms with Crippen LogP contribution in [0.25, 0.3) is 0 Å². The lowest BCUT2D eigenvalue weighted by Crippen LogP contribution is -2.16. The Balaban J connectivity index is 3.03. The molecule has 1 aromatic rings. The molecule has 0 fully saturated rings. The van der Waals surface area contributed by atoms with Gasteiger partial charge in [-0.25, -0.2) is 4.98 Å². The van der Waals surface area contributed by atoms with Crippen LogP contribution in [0.4, 0.5) is 17.6 Å². The fraction of sp³-hybridized carbons (Fsp3) is 0.400. The zero-order valence-corrected chi connectivity index (χ0v) is 8.84.